The number of halogens is 1. The van der Waals surface area contributed by atoms with Gasteiger partial charge in [-0.3, -0.25) is 4.79 Å². The summed E-state index contributed by atoms with van der Waals surface area (Å²) in [6, 6.07) is 4.65. The van der Waals surface area contributed by atoms with Crippen LogP contribution >= 0.6 is 11.6 Å². The Morgan fingerprint density at radius 2 is 2.10 bits per heavy atom. The predicted molar refractivity (Wildman–Crippen MR) is 75.4 cm³/mol. The van der Waals surface area contributed by atoms with E-state index in [1.165, 1.54) is 10.4 Å². The first-order valence-corrected chi connectivity index (χ1v) is 8.14. The monoisotopic (exact) mass is 317 g/mol. The van der Waals surface area contributed by atoms with Crippen LogP contribution in [0, 0.1) is 6.92 Å². The Kier molecular flexibility index (Phi) is 4.36. The fourth-order valence-corrected chi connectivity index (χ4v) is 4.27. The minimum absolute atomic E-state index is 0.0213. The van der Waals surface area contributed by atoms with Crippen LogP contribution in [0.3, 0.4) is 0 Å². The molecule has 0 aliphatic heterocycles. The van der Waals surface area contributed by atoms with Gasteiger partial charge in [0.05, 0.1) is 11.4 Å². The molecule has 2 rings (SSSR count). The summed E-state index contributed by atoms with van der Waals surface area (Å²) in [7, 11) is -3.74. The molecule has 5 nitrogen and oxygen atoms in total. The van der Waals surface area contributed by atoms with Crippen molar-refractivity contribution in [3.05, 3.63) is 28.8 Å². The molecule has 110 valence electrons. The summed E-state index contributed by atoms with van der Waals surface area (Å²) in [5, 5.41) is 8.92. The predicted octanol–water partition coefficient (Wildman–Crippen LogP) is 2.28. The molecular formula is C13H16ClNO4S. The zero-order valence-corrected chi connectivity index (χ0v) is 12.6. The minimum Gasteiger partial charge on any atom is -0.481 e. The molecule has 0 heterocycles. The van der Waals surface area contributed by atoms with E-state index in [0.29, 0.717) is 0 Å². The van der Waals surface area contributed by atoms with Crippen LogP contribution < -0.4 is 0 Å². The molecule has 0 bridgehead atoms. The minimum atomic E-state index is -3.74. The second-order valence-corrected chi connectivity index (χ2v) is 7.19. The zero-order valence-electron chi connectivity index (χ0n) is 11.0. The molecule has 7 heteroatoms. The van der Waals surface area contributed by atoms with Gasteiger partial charge in [-0.05, 0) is 37.5 Å². The Bertz CT molecular complexity index is 625. The van der Waals surface area contributed by atoms with Gasteiger partial charge in [-0.1, -0.05) is 17.7 Å². The fraction of sp³-hybridized carbons (Fsp3) is 0.462. The number of carboxylic acid groups (broad SMARTS) is 1. The maximum atomic E-state index is 12.6. The van der Waals surface area contributed by atoms with Crippen LogP contribution in [0.4, 0.5) is 0 Å². The molecule has 0 unspecified atom stereocenters. The van der Waals surface area contributed by atoms with Crippen molar-refractivity contribution in [3.8, 4) is 0 Å². The van der Waals surface area contributed by atoms with E-state index in [1.54, 1.807) is 12.1 Å². The lowest BCUT2D eigenvalue weighted by atomic mass is 10.2. The van der Waals surface area contributed by atoms with Gasteiger partial charge in [0.25, 0.3) is 0 Å². The summed E-state index contributed by atoms with van der Waals surface area (Å²) in [5.74, 6) is -1.01. The van der Waals surface area contributed by atoms with Gasteiger partial charge in [-0.15, -0.1) is 0 Å². The average Bonchev–Trinajstić information content (AvgIpc) is 3.12. The van der Waals surface area contributed by atoms with Gasteiger partial charge in [-0.2, -0.15) is 4.31 Å². The number of nitrogens with zero attached hydrogens (tertiary/aromatic N) is 1. The molecule has 0 aromatic heterocycles. The highest BCUT2D eigenvalue weighted by atomic mass is 35.5. The van der Waals surface area contributed by atoms with E-state index < -0.39 is 16.0 Å². The van der Waals surface area contributed by atoms with E-state index in [2.05, 4.69) is 0 Å². The Morgan fingerprint density at radius 1 is 1.45 bits per heavy atom. The molecule has 20 heavy (non-hydrogen) atoms. The molecule has 1 aromatic rings. The van der Waals surface area contributed by atoms with Crippen LogP contribution in [0.1, 0.15) is 24.8 Å². The Labute approximate surface area is 123 Å². The van der Waals surface area contributed by atoms with E-state index in [9.17, 15) is 13.2 Å². The number of aliphatic carboxylic acids is 1. The smallest absolute Gasteiger partial charge is 0.304 e. The normalized spacial score (nSPS) is 15.6. The highest BCUT2D eigenvalue weighted by Crippen LogP contribution is 2.34. The van der Waals surface area contributed by atoms with E-state index in [0.717, 1.165) is 18.4 Å². The molecule has 0 spiro atoms. The van der Waals surface area contributed by atoms with Crippen LogP contribution in [0.5, 0.6) is 0 Å². The van der Waals surface area contributed by atoms with Crippen LogP contribution in [0.25, 0.3) is 0 Å². The molecule has 0 radical (unpaired) electrons. The highest BCUT2D eigenvalue weighted by molar-refractivity contribution is 7.89. The third kappa shape index (κ3) is 3.31. The number of aryl methyl sites for hydroxylation is 1. The summed E-state index contributed by atoms with van der Waals surface area (Å²) >= 11 is 6.02. The number of hydrogen-bond acceptors (Lipinski definition) is 3. The highest BCUT2D eigenvalue weighted by Gasteiger charge is 2.38. The third-order valence-electron chi connectivity index (χ3n) is 3.17. The van der Waals surface area contributed by atoms with Gasteiger partial charge in [0.2, 0.25) is 10.0 Å². The summed E-state index contributed by atoms with van der Waals surface area (Å²) in [5.41, 5.74) is 0.873. The summed E-state index contributed by atoms with van der Waals surface area (Å²) in [4.78, 5) is 10.7. The number of sulfonamides is 1. The SMILES string of the molecule is Cc1ccc(S(=O)(=O)N(CCC(=O)O)C2CC2)c(Cl)c1. The molecule has 0 amide bonds. The number of benzene rings is 1. The zero-order chi connectivity index (χ0) is 14.9. The maximum Gasteiger partial charge on any atom is 0.304 e. The largest absolute Gasteiger partial charge is 0.481 e. The van der Waals surface area contributed by atoms with Crippen molar-refractivity contribution in [2.45, 2.75) is 37.1 Å². The van der Waals surface area contributed by atoms with Gasteiger partial charge in [-0.25, -0.2) is 8.42 Å². The Balaban J connectivity index is 2.32. The van der Waals surface area contributed by atoms with Gasteiger partial charge in [0.15, 0.2) is 0 Å². The number of hydrogen-bond donors (Lipinski definition) is 1. The second-order valence-electron chi connectivity index (χ2n) is 4.92. The lowest BCUT2D eigenvalue weighted by molar-refractivity contribution is -0.137. The first-order chi connectivity index (χ1) is 9.32. The quantitative estimate of drug-likeness (QED) is 0.873. The average molecular weight is 318 g/mol. The molecular weight excluding hydrogens is 302 g/mol. The van der Waals surface area contributed by atoms with Crippen molar-refractivity contribution in [1.29, 1.82) is 0 Å². The van der Waals surface area contributed by atoms with Crippen LogP contribution in [-0.2, 0) is 14.8 Å². The Morgan fingerprint density at radius 3 is 2.60 bits per heavy atom. The van der Waals surface area contributed by atoms with Crippen LogP contribution in [0.2, 0.25) is 5.02 Å². The number of rotatable bonds is 6. The Hall–Kier alpha value is -1.11. The molecule has 0 saturated heterocycles. The third-order valence-corrected chi connectivity index (χ3v) is 5.61. The van der Waals surface area contributed by atoms with Crippen LogP contribution in [-0.4, -0.2) is 36.4 Å². The molecule has 1 aromatic carbocycles. The van der Waals surface area contributed by atoms with Crippen molar-refractivity contribution >= 4 is 27.6 Å². The summed E-state index contributed by atoms with van der Waals surface area (Å²) in [6.45, 7) is 1.80. The first-order valence-electron chi connectivity index (χ1n) is 6.32. The molecule has 1 N–H and O–H groups in total. The summed E-state index contributed by atoms with van der Waals surface area (Å²) in [6.07, 6.45) is 1.32. The van der Waals surface area contributed by atoms with Gasteiger partial charge in [0, 0.05) is 12.6 Å². The van der Waals surface area contributed by atoms with Gasteiger partial charge < -0.3 is 5.11 Å². The molecule has 1 fully saturated rings. The maximum absolute atomic E-state index is 12.6. The number of carbonyl (C=O) groups is 1. The summed E-state index contributed by atoms with van der Waals surface area (Å²) < 4.78 is 26.5. The van der Waals surface area contributed by atoms with Crippen molar-refractivity contribution in [2.75, 3.05) is 6.54 Å². The first kappa shape index (κ1) is 15.3. The van der Waals surface area contributed by atoms with Gasteiger partial charge >= 0.3 is 5.97 Å². The van der Waals surface area contributed by atoms with Crippen LogP contribution in [0.15, 0.2) is 23.1 Å². The molecule has 1 aliphatic rings. The molecule has 0 atom stereocenters. The van der Waals surface area contributed by atoms with Crippen molar-refractivity contribution in [2.24, 2.45) is 0 Å². The van der Waals surface area contributed by atoms with Crippen molar-refractivity contribution < 1.29 is 18.3 Å². The topological polar surface area (TPSA) is 74.7 Å². The lowest BCUT2D eigenvalue weighted by Gasteiger charge is -2.21. The van der Waals surface area contributed by atoms with Gasteiger partial charge in [0.1, 0.15) is 4.90 Å². The second kappa shape index (κ2) is 5.71. The van der Waals surface area contributed by atoms with E-state index in [1.807, 2.05) is 6.92 Å². The molecule has 1 saturated carbocycles. The fourth-order valence-electron chi connectivity index (χ4n) is 2.01. The lowest BCUT2D eigenvalue weighted by Crippen LogP contribution is -2.35. The van der Waals surface area contributed by atoms with E-state index >= 15 is 0 Å². The van der Waals surface area contributed by atoms with Crippen molar-refractivity contribution in [3.63, 3.8) is 0 Å². The van der Waals surface area contributed by atoms with E-state index in [-0.39, 0.29) is 28.9 Å². The molecule has 1 aliphatic carbocycles. The van der Waals surface area contributed by atoms with E-state index in [4.69, 9.17) is 16.7 Å². The number of carboxylic acids is 1. The standard InChI is InChI=1S/C13H16ClNO4S/c1-9-2-5-12(11(14)8-9)20(18,19)15(10-3-4-10)7-6-13(16)17/h2,5,8,10H,3-4,6-7H2,1H3,(H,16,17). The van der Waals surface area contributed by atoms with Crippen molar-refractivity contribution in [1.82, 2.24) is 4.31 Å².